The van der Waals surface area contributed by atoms with Crippen LogP contribution < -0.4 is 10.8 Å². The van der Waals surface area contributed by atoms with Gasteiger partial charge in [0, 0.05) is 50.1 Å². The van der Waals surface area contributed by atoms with Gasteiger partial charge in [0.05, 0.1) is 24.9 Å². The Kier molecular flexibility index (Phi) is 9.62. The van der Waals surface area contributed by atoms with E-state index in [-0.39, 0.29) is 43.7 Å². The number of likely N-dealkylation sites (tertiary alicyclic amines) is 1. The summed E-state index contributed by atoms with van der Waals surface area (Å²) in [7, 11) is 0. The molecule has 0 aromatic heterocycles. The van der Waals surface area contributed by atoms with Crippen molar-refractivity contribution in [2.45, 2.75) is 63.3 Å². The highest BCUT2D eigenvalue weighted by molar-refractivity contribution is 5.91. The molecule has 2 aromatic rings. The number of hydrogen-bond donors (Lipinski definition) is 5. The van der Waals surface area contributed by atoms with Crippen LogP contribution in [0.25, 0.3) is 0 Å². The third kappa shape index (κ3) is 7.81. The normalized spacial score (nSPS) is 24.1. The molecule has 2 saturated heterocycles. The smallest absolute Gasteiger partial charge is 0.243 e. The lowest BCUT2D eigenvalue weighted by Crippen LogP contribution is -2.38. The van der Waals surface area contributed by atoms with Crippen molar-refractivity contribution in [3.8, 4) is 0 Å². The summed E-state index contributed by atoms with van der Waals surface area (Å²) in [5.41, 5.74) is 4.84. The molecule has 10 heteroatoms. The summed E-state index contributed by atoms with van der Waals surface area (Å²) in [5.74, 6) is -0.741. The second-order valence-electron chi connectivity index (χ2n) is 9.61. The summed E-state index contributed by atoms with van der Waals surface area (Å²) >= 11 is 0. The van der Waals surface area contributed by atoms with Crippen molar-refractivity contribution in [3.63, 3.8) is 0 Å². The van der Waals surface area contributed by atoms with Gasteiger partial charge in [-0.05, 0) is 36.1 Å². The van der Waals surface area contributed by atoms with Crippen molar-refractivity contribution in [1.82, 2.24) is 10.4 Å². The minimum absolute atomic E-state index is 0.0155. The molecular weight excluding hydrogens is 478 g/mol. The second kappa shape index (κ2) is 13.1. The first-order valence-corrected chi connectivity index (χ1v) is 12.7. The van der Waals surface area contributed by atoms with Crippen LogP contribution >= 0.6 is 0 Å². The fourth-order valence-corrected chi connectivity index (χ4v) is 4.71. The Bertz CT molecular complexity index is 1030. The number of aliphatic hydroxyl groups is 2. The van der Waals surface area contributed by atoms with Crippen LogP contribution in [0.5, 0.6) is 0 Å². The number of nitrogens with one attached hydrogen (secondary N) is 2. The van der Waals surface area contributed by atoms with Crippen molar-refractivity contribution in [1.29, 1.82) is 0 Å². The molecule has 2 fully saturated rings. The first kappa shape index (κ1) is 27.2. The Morgan fingerprint density at radius 1 is 0.973 bits per heavy atom. The van der Waals surface area contributed by atoms with E-state index in [2.05, 4.69) is 10.2 Å². The predicted octanol–water partition coefficient (Wildman–Crippen LogP) is 2.41. The Balaban J connectivity index is 1.41. The van der Waals surface area contributed by atoms with Gasteiger partial charge in [-0.1, -0.05) is 36.4 Å². The zero-order valence-electron chi connectivity index (χ0n) is 20.7. The van der Waals surface area contributed by atoms with E-state index in [1.165, 1.54) is 0 Å². The van der Waals surface area contributed by atoms with Gasteiger partial charge in [-0.2, -0.15) is 0 Å². The van der Waals surface area contributed by atoms with Gasteiger partial charge in [-0.15, -0.1) is 0 Å². The highest BCUT2D eigenvalue weighted by atomic mass is 16.7. The molecule has 0 radical (unpaired) electrons. The number of carbonyl (C=O) groups is 2. The number of aliphatic hydroxyl groups excluding tert-OH is 2. The Labute approximate surface area is 216 Å². The van der Waals surface area contributed by atoms with Crippen molar-refractivity contribution in [3.05, 3.63) is 65.2 Å². The molecule has 2 amide bonds. The number of ether oxygens (including phenoxy) is 2. The van der Waals surface area contributed by atoms with Crippen LogP contribution in [0.2, 0.25) is 0 Å². The van der Waals surface area contributed by atoms with E-state index >= 15 is 0 Å². The summed E-state index contributed by atoms with van der Waals surface area (Å²) < 4.78 is 12.7. The summed E-state index contributed by atoms with van der Waals surface area (Å²) in [5, 5.41) is 30.6. The van der Waals surface area contributed by atoms with E-state index < -0.39 is 12.2 Å². The SMILES string of the molecule is O=C(CCCC(=O)Nc1ccc([C@@H]2O[C@H](CN3CC[C@H](O)C3)C[C@H](c3ccc(CO)cc3)O2)cc1)NO. The Morgan fingerprint density at radius 2 is 1.68 bits per heavy atom. The topological polar surface area (TPSA) is 141 Å². The van der Waals surface area contributed by atoms with Crippen molar-refractivity contribution in [2.75, 3.05) is 25.0 Å². The van der Waals surface area contributed by atoms with Crippen LogP contribution in [-0.4, -0.2) is 64.0 Å². The van der Waals surface area contributed by atoms with Crippen molar-refractivity contribution in [2.24, 2.45) is 0 Å². The predicted molar refractivity (Wildman–Crippen MR) is 134 cm³/mol. The lowest BCUT2D eigenvalue weighted by atomic mass is 9.99. The van der Waals surface area contributed by atoms with Gasteiger partial charge >= 0.3 is 0 Å². The molecule has 2 aliphatic rings. The zero-order chi connectivity index (χ0) is 26.2. The Hall–Kier alpha value is -2.86. The maximum Gasteiger partial charge on any atom is 0.243 e. The molecule has 0 bridgehead atoms. The number of hydroxylamine groups is 1. The molecule has 0 saturated carbocycles. The van der Waals surface area contributed by atoms with Crippen LogP contribution in [0.4, 0.5) is 5.69 Å². The number of carbonyl (C=O) groups excluding carboxylic acids is 2. The number of benzene rings is 2. The number of amides is 2. The number of anilines is 1. The molecule has 37 heavy (non-hydrogen) atoms. The van der Waals surface area contributed by atoms with Crippen LogP contribution in [0.15, 0.2) is 48.5 Å². The van der Waals surface area contributed by atoms with Gasteiger partial charge in [0.1, 0.15) is 0 Å². The zero-order valence-corrected chi connectivity index (χ0v) is 20.7. The molecule has 4 rings (SSSR count). The minimum Gasteiger partial charge on any atom is -0.392 e. The van der Waals surface area contributed by atoms with Crippen LogP contribution in [0.1, 0.15) is 61.2 Å². The molecule has 0 aliphatic carbocycles. The molecule has 2 aromatic carbocycles. The molecule has 2 heterocycles. The third-order valence-corrected chi connectivity index (χ3v) is 6.72. The highest BCUT2D eigenvalue weighted by Gasteiger charge is 2.34. The molecule has 200 valence electrons. The fraction of sp³-hybridized carbons (Fsp3) is 0.481. The van der Waals surface area contributed by atoms with Crippen molar-refractivity contribution >= 4 is 17.5 Å². The van der Waals surface area contributed by atoms with Crippen LogP contribution in [0, 0.1) is 0 Å². The fourth-order valence-electron chi connectivity index (χ4n) is 4.71. The van der Waals surface area contributed by atoms with Crippen LogP contribution in [0.3, 0.4) is 0 Å². The molecule has 5 N–H and O–H groups in total. The van der Waals surface area contributed by atoms with E-state index in [0.29, 0.717) is 31.6 Å². The molecule has 2 aliphatic heterocycles. The molecule has 4 atom stereocenters. The minimum atomic E-state index is -0.601. The number of hydrogen-bond acceptors (Lipinski definition) is 8. The van der Waals surface area contributed by atoms with E-state index in [1.54, 1.807) is 17.6 Å². The molecular formula is C27H35N3O7. The van der Waals surface area contributed by atoms with Gasteiger partial charge in [-0.3, -0.25) is 19.7 Å². The van der Waals surface area contributed by atoms with Gasteiger partial charge in [0.15, 0.2) is 6.29 Å². The summed E-state index contributed by atoms with van der Waals surface area (Å²) in [4.78, 5) is 25.4. The molecule has 0 spiro atoms. The molecule has 0 unspecified atom stereocenters. The number of β-amino-alcohol motifs (C(OH)–C–C–N with tert-alkyl or cyclic N) is 1. The highest BCUT2D eigenvalue weighted by Crippen LogP contribution is 2.38. The van der Waals surface area contributed by atoms with Gasteiger partial charge < -0.3 is 25.0 Å². The monoisotopic (exact) mass is 513 g/mol. The average Bonchev–Trinajstić information content (AvgIpc) is 3.33. The average molecular weight is 514 g/mol. The summed E-state index contributed by atoms with van der Waals surface area (Å²) in [6.07, 6.45) is 0.804. The second-order valence-corrected chi connectivity index (χ2v) is 9.61. The maximum atomic E-state index is 12.2. The van der Waals surface area contributed by atoms with Gasteiger partial charge in [0.2, 0.25) is 11.8 Å². The van der Waals surface area contributed by atoms with E-state index in [0.717, 1.165) is 29.7 Å². The molecule has 10 nitrogen and oxygen atoms in total. The quantitative estimate of drug-likeness (QED) is 0.241. The summed E-state index contributed by atoms with van der Waals surface area (Å²) in [6.45, 7) is 2.16. The van der Waals surface area contributed by atoms with E-state index in [1.807, 2.05) is 36.4 Å². The van der Waals surface area contributed by atoms with Gasteiger partial charge in [0.25, 0.3) is 0 Å². The van der Waals surface area contributed by atoms with E-state index in [9.17, 15) is 19.8 Å². The standard InChI is InChI=1S/C27H35N3O7/c31-17-18-4-6-19(7-5-18)24-14-23(16-30-13-12-22(32)15-30)36-27(37-24)20-8-10-21(11-9-20)28-25(33)2-1-3-26(34)29-35/h4-11,22-24,27,31-32,35H,1-3,12-17H2,(H,28,33)(H,29,34)/t22-,23-,24+,27+/m0/s1. The van der Waals surface area contributed by atoms with Crippen LogP contribution in [-0.2, 0) is 25.7 Å². The Morgan fingerprint density at radius 3 is 2.32 bits per heavy atom. The largest absolute Gasteiger partial charge is 0.392 e. The lowest BCUT2D eigenvalue weighted by molar-refractivity contribution is -0.252. The maximum absolute atomic E-state index is 12.2. The summed E-state index contributed by atoms with van der Waals surface area (Å²) in [6, 6.07) is 15.0. The van der Waals surface area contributed by atoms with Gasteiger partial charge in [-0.25, -0.2) is 5.48 Å². The first-order chi connectivity index (χ1) is 17.9. The van der Waals surface area contributed by atoms with Crippen molar-refractivity contribution < 1.29 is 34.5 Å². The third-order valence-electron chi connectivity index (χ3n) is 6.72. The first-order valence-electron chi connectivity index (χ1n) is 12.7. The lowest BCUT2D eigenvalue weighted by Gasteiger charge is -2.37. The number of nitrogens with zero attached hydrogens (tertiary/aromatic N) is 1. The number of rotatable bonds is 10. The van der Waals surface area contributed by atoms with E-state index in [4.69, 9.17) is 14.7 Å².